The molecule has 0 bridgehead atoms. The first-order valence-electron chi connectivity index (χ1n) is 7.08. The molecule has 0 aromatic carbocycles. The Morgan fingerprint density at radius 2 is 1.89 bits per heavy atom. The summed E-state index contributed by atoms with van der Waals surface area (Å²) in [5, 5.41) is 3.26. The molecular formula is C14H26N2O3. The van der Waals surface area contributed by atoms with Crippen LogP contribution in [0.3, 0.4) is 0 Å². The number of esters is 1. The molecule has 0 aromatic heterocycles. The molecule has 110 valence electrons. The summed E-state index contributed by atoms with van der Waals surface area (Å²) < 4.78 is 4.95. The van der Waals surface area contributed by atoms with Crippen LogP contribution in [0.15, 0.2) is 0 Å². The highest BCUT2D eigenvalue weighted by atomic mass is 16.5. The maximum absolute atomic E-state index is 12.7. The van der Waals surface area contributed by atoms with Gasteiger partial charge in [0, 0.05) is 11.5 Å². The van der Waals surface area contributed by atoms with Crippen LogP contribution in [-0.2, 0) is 14.3 Å². The lowest BCUT2D eigenvalue weighted by molar-refractivity contribution is -0.154. The maximum atomic E-state index is 12.7. The van der Waals surface area contributed by atoms with E-state index >= 15 is 0 Å². The van der Waals surface area contributed by atoms with Crippen LogP contribution in [0.25, 0.3) is 0 Å². The number of nitrogens with zero attached hydrogens (tertiary/aromatic N) is 1. The molecule has 0 aromatic rings. The van der Waals surface area contributed by atoms with E-state index in [-0.39, 0.29) is 29.9 Å². The van der Waals surface area contributed by atoms with E-state index in [1.54, 1.807) is 11.8 Å². The predicted molar refractivity (Wildman–Crippen MR) is 73.7 cm³/mol. The van der Waals surface area contributed by atoms with Gasteiger partial charge in [0.2, 0.25) is 5.91 Å². The quantitative estimate of drug-likeness (QED) is 0.762. The topological polar surface area (TPSA) is 58.6 Å². The van der Waals surface area contributed by atoms with Crippen LogP contribution in [0.1, 0.15) is 40.5 Å². The number of ether oxygens (including phenoxy) is 1. The average molecular weight is 270 g/mol. The van der Waals surface area contributed by atoms with Gasteiger partial charge in [0.1, 0.15) is 6.54 Å². The third-order valence-corrected chi connectivity index (χ3v) is 3.71. The van der Waals surface area contributed by atoms with Crippen LogP contribution < -0.4 is 5.32 Å². The Balaban J connectivity index is 2.74. The summed E-state index contributed by atoms with van der Waals surface area (Å²) in [6, 6.07) is 0.00335. The van der Waals surface area contributed by atoms with Crippen LogP contribution in [-0.4, -0.2) is 49.1 Å². The van der Waals surface area contributed by atoms with Gasteiger partial charge in [0.15, 0.2) is 0 Å². The van der Waals surface area contributed by atoms with Crippen molar-refractivity contribution in [1.82, 2.24) is 10.2 Å². The molecule has 1 heterocycles. The van der Waals surface area contributed by atoms with Crippen LogP contribution in [0.2, 0.25) is 0 Å². The SMILES string of the molecule is CCOC(=O)CN(C(=O)C1(C)CCNCC1)C(C)C. The van der Waals surface area contributed by atoms with Gasteiger partial charge in [0.25, 0.3) is 0 Å². The molecule has 0 aliphatic carbocycles. The number of hydrogen-bond donors (Lipinski definition) is 1. The first-order chi connectivity index (χ1) is 8.90. The Bertz CT molecular complexity index is 323. The maximum Gasteiger partial charge on any atom is 0.325 e. The molecule has 0 spiro atoms. The fourth-order valence-corrected chi connectivity index (χ4v) is 2.37. The molecule has 0 atom stereocenters. The van der Waals surface area contributed by atoms with E-state index in [1.165, 1.54) is 0 Å². The molecule has 0 saturated carbocycles. The van der Waals surface area contributed by atoms with E-state index in [0.29, 0.717) is 6.61 Å². The summed E-state index contributed by atoms with van der Waals surface area (Å²) in [7, 11) is 0. The summed E-state index contributed by atoms with van der Waals surface area (Å²) in [5.41, 5.74) is -0.359. The van der Waals surface area contributed by atoms with Gasteiger partial charge in [0.05, 0.1) is 6.61 Å². The third kappa shape index (κ3) is 4.20. The van der Waals surface area contributed by atoms with Crippen LogP contribution >= 0.6 is 0 Å². The predicted octanol–water partition coefficient (Wildman–Crippen LogP) is 1.18. The smallest absolute Gasteiger partial charge is 0.325 e. The highest BCUT2D eigenvalue weighted by molar-refractivity contribution is 5.86. The zero-order chi connectivity index (χ0) is 14.5. The summed E-state index contributed by atoms with van der Waals surface area (Å²) >= 11 is 0. The summed E-state index contributed by atoms with van der Waals surface area (Å²) in [6.07, 6.45) is 1.63. The fraction of sp³-hybridized carbons (Fsp3) is 0.857. The van der Waals surface area contributed by atoms with Crippen molar-refractivity contribution >= 4 is 11.9 Å². The first-order valence-corrected chi connectivity index (χ1v) is 7.08. The molecular weight excluding hydrogens is 244 g/mol. The minimum atomic E-state index is -0.359. The Morgan fingerprint density at radius 1 is 1.32 bits per heavy atom. The minimum absolute atomic E-state index is 0.00335. The molecule has 5 heteroatoms. The molecule has 0 unspecified atom stereocenters. The van der Waals surface area contributed by atoms with Crippen molar-refractivity contribution in [2.24, 2.45) is 5.41 Å². The lowest BCUT2D eigenvalue weighted by atomic mass is 9.79. The standard InChI is InChI=1S/C14H26N2O3/c1-5-19-12(17)10-16(11(2)3)13(18)14(4)6-8-15-9-7-14/h11,15H,5-10H2,1-4H3. The van der Waals surface area contributed by atoms with E-state index < -0.39 is 0 Å². The first kappa shape index (κ1) is 16.0. The second-order valence-electron chi connectivity index (χ2n) is 5.64. The van der Waals surface area contributed by atoms with Gasteiger partial charge >= 0.3 is 5.97 Å². The largest absolute Gasteiger partial charge is 0.465 e. The van der Waals surface area contributed by atoms with Gasteiger partial charge in [-0.05, 0) is 46.7 Å². The number of carbonyl (C=O) groups is 2. The van der Waals surface area contributed by atoms with Crippen molar-refractivity contribution in [2.75, 3.05) is 26.2 Å². The normalized spacial score (nSPS) is 18.2. The lowest BCUT2D eigenvalue weighted by Crippen LogP contribution is -2.51. The molecule has 19 heavy (non-hydrogen) atoms. The fourth-order valence-electron chi connectivity index (χ4n) is 2.37. The van der Waals surface area contributed by atoms with Gasteiger partial charge in [-0.2, -0.15) is 0 Å². The molecule has 1 aliphatic heterocycles. The summed E-state index contributed by atoms with van der Waals surface area (Å²) in [5.74, 6) is -0.265. The highest BCUT2D eigenvalue weighted by Crippen LogP contribution is 2.31. The number of carbonyl (C=O) groups excluding carboxylic acids is 2. The van der Waals surface area contributed by atoms with E-state index in [1.807, 2.05) is 20.8 Å². The average Bonchev–Trinajstić information content (AvgIpc) is 2.36. The van der Waals surface area contributed by atoms with E-state index in [0.717, 1.165) is 25.9 Å². The van der Waals surface area contributed by atoms with Gasteiger partial charge in [-0.25, -0.2) is 0 Å². The van der Waals surface area contributed by atoms with Gasteiger partial charge in [-0.1, -0.05) is 6.92 Å². The minimum Gasteiger partial charge on any atom is -0.465 e. The monoisotopic (exact) mass is 270 g/mol. The second-order valence-corrected chi connectivity index (χ2v) is 5.64. The summed E-state index contributed by atoms with van der Waals surface area (Å²) in [4.78, 5) is 26.0. The van der Waals surface area contributed by atoms with Crippen LogP contribution in [0.4, 0.5) is 0 Å². The van der Waals surface area contributed by atoms with Gasteiger partial charge in [-0.3, -0.25) is 9.59 Å². The van der Waals surface area contributed by atoms with E-state index in [9.17, 15) is 9.59 Å². The van der Waals surface area contributed by atoms with Crippen molar-refractivity contribution in [3.05, 3.63) is 0 Å². The van der Waals surface area contributed by atoms with Crippen molar-refractivity contribution < 1.29 is 14.3 Å². The number of amides is 1. The lowest BCUT2D eigenvalue weighted by Gasteiger charge is -2.38. The van der Waals surface area contributed by atoms with Crippen molar-refractivity contribution in [3.8, 4) is 0 Å². The number of hydrogen-bond acceptors (Lipinski definition) is 4. The Kier molecular flexibility index (Phi) is 5.79. The molecule has 1 aliphatic rings. The molecule has 1 fully saturated rings. The van der Waals surface area contributed by atoms with Gasteiger partial charge < -0.3 is 15.0 Å². The molecule has 1 amide bonds. The molecule has 1 saturated heterocycles. The molecule has 5 nitrogen and oxygen atoms in total. The Hall–Kier alpha value is -1.10. The molecule has 1 N–H and O–H groups in total. The molecule has 1 rings (SSSR count). The second kappa shape index (κ2) is 6.89. The molecule has 0 radical (unpaired) electrons. The highest BCUT2D eigenvalue weighted by Gasteiger charge is 2.39. The van der Waals surface area contributed by atoms with Crippen molar-refractivity contribution in [2.45, 2.75) is 46.6 Å². The van der Waals surface area contributed by atoms with Crippen LogP contribution in [0.5, 0.6) is 0 Å². The van der Waals surface area contributed by atoms with E-state index in [2.05, 4.69) is 5.32 Å². The zero-order valence-electron chi connectivity index (χ0n) is 12.5. The Labute approximate surface area is 115 Å². The summed E-state index contributed by atoms with van der Waals surface area (Å²) in [6.45, 7) is 9.74. The number of piperidine rings is 1. The number of nitrogens with one attached hydrogen (secondary N) is 1. The third-order valence-electron chi connectivity index (χ3n) is 3.71. The van der Waals surface area contributed by atoms with Crippen molar-refractivity contribution in [3.63, 3.8) is 0 Å². The van der Waals surface area contributed by atoms with Gasteiger partial charge in [-0.15, -0.1) is 0 Å². The van der Waals surface area contributed by atoms with Crippen LogP contribution in [0, 0.1) is 5.41 Å². The Morgan fingerprint density at radius 3 is 2.37 bits per heavy atom. The van der Waals surface area contributed by atoms with E-state index in [4.69, 9.17) is 4.74 Å². The zero-order valence-corrected chi connectivity index (χ0v) is 12.5. The van der Waals surface area contributed by atoms with Crippen molar-refractivity contribution in [1.29, 1.82) is 0 Å². The number of rotatable bonds is 5.